The topological polar surface area (TPSA) is 108 Å². The number of aromatic nitrogens is 1. The van der Waals surface area contributed by atoms with E-state index in [1.807, 2.05) is 0 Å². The van der Waals surface area contributed by atoms with E-state index in [2.05, 4.69) is 25.7 Å². The molecule has 1 heterocycles. The van der Waals surface area contributed by atoms with Gasteiger partial charge in [0.25, 0.3) is 0 Å². The lowest BCUT2D eigenvalue weighted by atomic mass is 10.2. The largest absolute Gasteiger partial charge is 0.465 e. The molecule has 0 unspecified atom stereocenters. The Morgan fingerprint density at radius 3 is 2.80 bits per heavy atom. The monoisotopic (exact) mass is 275 g/mol. The molecule has 0 aliphatic rings. The molecule has 0 spiro atoms. The van der Waals surface area contributed by atoms with E-state index in [1.54, 1.807) is 0 Å². The highest BCUT2D eigenvalue weighted by Gasteiger charge is 2.28. The number of nitrogens with two attached hydrogens (primary N) is 1. The van der Waals surface area contributed by atoms with Gasteiger partial charge >= 0.3 is 11.7 Å². The van der Waals surface area contributed by atoms with E-state index in [0.717, 1.165) is 7.11 Å². The van der Waals surface area contributed by atoms with Crippen LogP contribution in [0.3, 0.4) is 0 Å². The fourth-order valence-corrected chi connectivity index (χ4v) is 1.43. The molecule has 0 saturated carbocycles. The van der Waals surface area contributed by atoms with E-state index in [1.165, 1.54) is 6.20 Å². The van der Waals surface area contributed by atoms with Gasteiger partial charge in [0.1, 0.15) is 0 Å². The van der Waals surface area contributed by atoms with Crippen molar-refractivity contribution in [3.63, 3.8) is 0 Å². The van der Waals surface area contributed by atoms with Crippen LogP contribution in [0, 0.1) is 10.1 Å². The summed E-state index contributed by atoms with van der Waals surface area (Å²) in [7, 11) is 1.12. The summed E-state index contributed by atoms with van der Waals surface area (Å²) in [6.45, 7) is 0. The van der Waals surface area contributed by atoms with Gasteiger partial charge in [-0.1, -0.05) is 0 Å². The van der Waals surface area contributed by atoms with Crippen LogP contribution < -0.4 is 5.73 Å². The van der Waals surface area contributed by atoms with Crippen molar-refractivity contribution in [1.82, 2.24) is 4.98 Å². The third kappa shape index (κ3) is 2.04. The number of nitrogens with zero attached hydrogens (tertiary/aromatic N) is 2. The maximum Gasteiger partial charge on any atom is 0.346 e. The Labute approximate surface area is 92.5 Å². The lowest BCUT2D eigenvalue weighted by molar-refractivity contribution is -0.384. The van der Waals surface area contributed by atoms with E-state index in [9.17, 15) is 14.9 Å². The van der Waals surface area contributed by atoms with Crippen LogP contribution in [0.5, 0.6) is 0 Å². The van der Waals surface area contributed by atoms with E-state index in [-0.39, 0.29) is 15.9 Å². The smallest absolute Gasteiger partial charge is 0.346 e. The molecule has 15 heavy (non-hydrogen) atoms. The lowest BCUT2D eigenvalue weighted by Gasteiger charge is -2.04. The van der Waals surface area contributed by atoms with Crippen LogP contribution >= 0.6 is 15.9 Å². The molecular weight excluding hydrogens is 270 g/mol. The van der Waals surface area contributed by atoms with Gasteiger partial charge < -0.3 is 10.5 Å². The Balaban J connectivity index is 3.52. The normalized spacial score (nSPS) is 9.73. The van der Waals surface area contributed by atoms with E-state index >= 15 is 0 Å². The fraction of sp³-hybridized carbons (Fsp3) is 0.143. The van der Waals surface area contributed by atoms with Crippen molar-refractivity contribution in [1.29, 1.82) is 0 Å². The van der Waals surface area contributed by atoms with Crippen molar-refractivity contribution in [2.45, 2.75) is 0 Å². The van der Waals surface area contributed by atoms with Crippen LogP contribution in [0.1, 0.15) is 10.4 Å². The average molecular weight is 276 g/mol. The zero-order chi connectivity index (χ0) is 11.6. The number of nitrogen functional groups attached to an aromatic ring is 1. The van der Waals surface area contributed by atoms with Crippen LogP contribution in [0.15, 0.2) is 10.7 Å². The number of carbonyl (C=O) groups is 1. The number of nitro groups is 1. The third-order valence-corrected chi connectivity index (χ3v) is 2.21. The Morgan fingerprint density at radius 2 is 2.33 bits per heavy atom. The van der Waals surface area contributed by atoms with Crippen molar-refractivity contribution in [2.24, 2.45) is 0 Å². The highest BCUT2D eigenvalue weighted by Crippen LogP contribution is 2.30. The number of rotatable bonds is 2. The SMILES string of the molecule is COC(=O)c1c(Br)cnc(N)c1[N+](=O)[O-]. The quantitative estimate of drug-likeness (QED) is 0.492. The summed E-state index contributed by atoms with van der Waals surface area (Å²) in [5.41, 5.74) is 4.50. The molecule has 0 atom stereocenters. The zero-order valence-corrected chi connectivity index (χ0v) is 9.15. The first-order valence-corrected chi connectivity index (χ1v) is 4.45. The Morgan fingerprint density at radius 1 is 1.73 bits per heavy atom. The number of hydrogen-bond donors (Lipinski definition) is 1. The molecule has 0 saturated heterocycles. The van der Waals surface area contributed by atoms with Crippen LogP contribution in [-0.2, 0) is 4.74 Å². The third-order valence-electron chi connectivity index (χ3n) is 1.61. The van der Waals surface area contributed by atoms with Crippen LogP contribution in [0.2, 0.25) is 0 Å². The van der Waals surface area contributed by atoms with Crippen molar-refractivity contribution in [2.75, 3.05) is 12.8 Å². The minimum Gasteiger partial charge on any atom is -0.465 e. The van der Waals surface area contributed by atoms with Gasteiger partial charge in [-0.2, -0.15) is 0 Å². The Bertz CT molecular complexity index is 434. The number of esters is 1. The molecule has 1 aromatic rings. The summed E-state index contributed by atoms with van der Waals surface area (Å²) in [6.07, 6.45) is 1.20. The number of methoxy groups -OCH3 is 1. The molecule has 1 aromatic heterocycles. The molecule has 0 aliphatic carbocycles. The van der Waals surface area contributed by atoms with Gasteiger partial charge in [0, 0.05) is 6.20 Å². The molecule has 0 radical (unpaired) electrons. The van der Waals surface area contributed by atoms with E-state index < -0.39 is 16.6 Å². The predicted octanol–water partition coefficient (Wildman–Crippen LogP) is 1.12. The summed E-state index contributed by atoms with van der Waals surface area (Å²) in [5, 5.41) is 10.7. The van der Waals surface area contributed by atoms with Crippen molar-refractivity contribution in [3.8, 4) is 0 Å². The van der Waals surface area contributed by atoms with Gasteiger partial charge in [-0.05, 0) is 15.9 Å². The zero-order valence-electron chi connectivity index (χ0n) is 7.56. The first kappa shape index (κ1) is 11.4. The van der Waals surface area contributed by atoms with Gasteiger partial charge in [-0.25, -0.2) is 9.78 Å². The number of halogens is 1. The van der Waals surface area contributed by atoms with Gasteiger partial charge in [-0.3, -0.25) is 10.1 Å². The fourth-order valence-electron chi connectivity index (χ4n) is 0.974. The second-order valence-electron chi connectivity index (χ2n) is 2.46. The van der Waals surface area contributed by atoms with E-state index in [4.69, 9.17) is 5.73 Å². The first-order valence-electron chi connectivity index (χ1n) is 3.65. The van der Waals surface area contributed by atoms with Crippen LogP contribution in [0.4, 0.5) is 11.5 Å². The summed E-state index contributed by atoms with van der Waals surface area (Å²) in [5.74, 6) is -1.17. The molecule has 0 aromatic carbocycles. The Hall–Kier alpha value is -1.70. The molecule has 7 nitrogen and oxygen atoms in total. The minimum absolute atomic E-state index is 0.162. The molecule has 1 rings (SSSR count). The average Bonchev–Trinajstić information content (AvgIpc) is 2.19. The molecule has 2 N–H and O–H groups in total. The number of hydrogen-bond acceptors (Lipinski definition) is 6. The molecule has 8 heteroatoms. The summed E-state index contributed by atoms with van der Waals surface area (Å²) < 4.78 is 4.57. The first-order chi connectivity index (χ1) is 6.99. The lowest BCUT2D eigenvalue weighted by Crippen LogP contribution is -2.10. The second kappa shape index (κ2) is 4.22. The van der Waals surface area contributed by atoms with Gasteiger partial charge in [0.15, 0.2) is 5.56 Å². The molecular formula is C7H6BrN3O4. The van der Waals surface area contributed by atoms with Gasteiger partial charge in [0.05, 0.1) is 16.5 Å². The van der Waals surface area contributed by atoms with Gasteiger partial charge in [0.2, 0.25) is 5.82 Å². The maximum atomic E-state index is 11.3. The maximum absolute atomic E-state index is 11.3. The summed E-state index contributed by atoms with van der Waals surface area (Å²) >= 11 is 2.97. The number of pyridine rings is 1. The Kier molecular flexibility index (Phi) is 3.20. The predicted molar refractivity (Wildman–Crippen MR) is 54.3 cm³/mol. The molecule has 0 amide bonds. The van der Waals surface area contributed by atoms with E-state index in [0.29, 0.717) is 0 Å². The summed E-state index contributed by atoms with van der Waals surface area (Å²) in [4.78, 5) is 24.7. The second-order valence-corrected chi connectivity index (χ2v) is 3.32. The van der Waals surface area contributed by atoms with Gasteiger partial charge in [-0.15, -0.1) is 0 Å². The standard InChI is InChI=1S/C7H6BrN3O4/c1-15-7(12)4-3(8)2-10-6(9)5(4)11(13)14/h2H,1H3,(H2,9,10). The van der Waals surface area contributed by atoms with Crippen molar-refractivity contribution in [3.05, 3.63) is 26.3 Å². The van der Waals surface area contributed by atoms with Crippen LogP contribution in [0.25, 0.3) is 0 Å². The van der Waals surface area contributed by atoms with Crippen molar-refractivity contribution < 1.29 is 14.5 Å². The highest BCUT2D eigenvalue weighted by molar-refractivity contribution is 9.10. The number of anilines is 1. The molecule has 0 aliphatic heterocycles. The number of carbonyl (C=O) groups excluding carboxylic acids is 1. The minimum atomic E-state index is -0.845. The number of ether oxygens (including phenoxy) is 1. The highest BCUT2D eigenvalue weighted by atomic mass is 79.9. The molecule has 0 fully saturated rings. The molecule has 80 valence electrons. The summed E-state index contributed by atoms with van der Waals surface area (Å²) in [6, 6.07) is 0. The van der Waals surface area contributed by atoms with Crippen LogP contribution in [-0.4, -0.2) is 23.0 Å². The molecule has 0 bridgehead atoms. The van der Waals surface area contributed by atoms with Crippen molar-refractivity contribution >= 4 is 33.4 Å².